The van der Waals surface area contributed by atoms with E-state index in [1.54, 1.807) is 0 Å². The lowest BCUT2D eigenvalue weighted by Crippen LogP contribution is -1.98. The molecule has 0 spiro atoms. The fraction of sp³-hybridized carbons (Fsp3) is 0. The van der Waals surface area contributed by atoms with Gasteiger partial charge in [-0.2, -0.15) is 0 Å². The van der Waals surface area contributed by atoms with Gasteiger partial charge in [-0.15, -0.1) is 0 Å². The molecular formula is C44H28N6O4. The highest BCUT2D eigenvalue weighted by Crippen LogP contribution is 2.41. The predicted octanol–water partition coefficient (Wildman–Crippen LogP) is 10.5. The lowest BCUT2D eigenvalue weighted by Gasteiger charge is -2.06. The summed E-state index contributed by atoms with van der Waals surface area (Å²) < 4.78 is 0. The summed E-state index contributed by atoms with van der Waals surface area (Å²) in [6, 6.07) is 45.4. The van der Waals surface area contributed by atoms with Crippen LogP contribution in [0.4, 0.5) is 0 Å². The minimum absolute atomic E-state index is 0.147. The molecule has 7 aromatic rings. The SMILES string of the molecule is O=[N+]([O-])C1=Cc2nc1c(-c1ccccc1)c1ccc([nH]1)c(-c1ccccc1)c1nc(c(-c3ccccc3)c3ccc([nH]3)c2-c2ccccc2)C([N+](=O)[O-])=C1. The molecule has 9 rings (SSSR count). The first-order chi connectivity index (χ1) is 26.4. The van der Waals surface area contributed by atoms with Crippen LogP contribution in [0.25, 0.3) is 90.1 Å². The maximum absolute atomic E-state index is 12.9. The normalized spacial score (nSPS) is 12.2. The Kier molecular flexibility index (Phi) is 7.82. The molecule has 0 fully saturated rings. The molecule has 0 saturated heterocycles. The zero-order valence-corrected chi connectivity index (χ0v) is 28.4. The van der Waals surface area contributed by atoms with Gasteiger partial charge in [0.1, 0.15) is 0 Å². The molecular weight excluding hydrogens is 677 g/mol. The van der Waals surface area contributed by atoms with Gasteiger partial charge in [0.2, 0.25) is 0 Å². The zero-order chi connectivity index (χ0) is 36.8. The van der Waals surface area contributed by atoms with Crippen LogP contribution in [0.15, 0.2) is 146 Å². The molecule has 54 heavy (non-hydrogen) atoms. The molecule has 2 N–H and O–H groups in total. The minimum atomic E-state index is -0.396. The molecule has 0 saturated carbocycles. The van der Waals surface area contributed by atoms with Gasteiger partial charge in [-0.1, -0.05) is 121 Å². The van der Waals surface area contributed by atoms with Gasteiger partial charge in [0, 0.05) is 56.5 Å². The van der Waals surface area contributed by atoms with Crippen molar-refractivity contribution in [3.8, 4) is 44.5 Å². The predicted molar refractivity (Wildman–Crippen MR) is 212 cm³/mol. The molecule has 0 atom stereocenters. The van der Waals surface area contributed by atoms with Gasteiger partial charge in [0.05, 0.1) is 21.2 Å². The third kappa shape index (κ3) is 5.55. The van der Waals surface area contributed by atoms with Crippen molar-refractivity contribution in [1.29, 1.82) is 0 Å². The molecule has 5 heterocycles. The zero-order valence-electron chi connectivity index (χ0n) is 28.4. The fourth-order valence-electron chi connectivity index (χ4n) is 7.23. The fourth-order valence-corrected chi connectivity index (χ4v) is 7.23. The second-order valence-corrected chi connectivity index (χ2v) is 12.8. The lowest BCUT2D eigenvalue weighted by atomic mass is 10.0. The van der Waals surface area contributed by atoms with Crippen molar-refractivity contribution in [1.82, 2.24) is 19.9 Å². The van der Waals surface area contributed by atoms with Gasteiger partial charge in [-0.25, -0.2) is 9.97 Å². The molecule has 8 bridgehead atoms. The van der Waals surface area contributed by atoms with E-state index in [9.17, 15) is 20.2 Å². The largest absolute Gasteiger partial charge is 0.354 e. The Morgan fingerprint density at radius 3 is 0.963 bits per heavy atom. The molecule has 3 aromatic heterocycles. The Balaban J connectivity index is 1.55. The summed E-state index contributed by atoms with van der Waals surface area (Å²) in [6.45, 7) is 0. The quantitative estimate of drug-likeness (QED) is 0.130. The first-order valence-electron chi connectivity index (χ1n) is 17.2. The summed E-state index contributed by atoms with van der Waals surface area (Å²) in [6.07, 6.45) is 3.03. The second kappa shape index (κ2) is 13.1. The van der Waals surface area contributed by atoms with Crippen LogP contribution in [0.5, 0.6) is 0 Å². The number of H-pyrrole nitrogens is 2. The first-order valence-corrected chi connectivity index (χ1v) is 17.2. The second-order valence-electron chi connectivity index (χ2n) is 12.8. The van der Waals surface area contributed by atoms with Crippen LogP contribution < -0.4 is 0 Å². The Morgan fingerprint density at radius 1 is 0.389 bits per heavy atom. The van der Waals surface area contributed by atoms with Crippen LogP contribution in [0, 0.1) is 20.2 Å². The molecule has 10 heteroatoms. The molecule has 0 aliphatic carbocycles. The number of nitro groups is 2. The number of hydrogen-bond acceptors (Lipinski definition) is 6. The summed E-state index contributed by atoms with van der Waals surface area (Å²) in [4.78, 5) is 42.2. The van der Waals surface area contributed by atoms with Crippen LogP contribution in [0.1, 0.15) is 22.8 Å². The van der Waals surface area contributed by atoms with E-state index >= 15 is 0 Å². The number of rotatable bonds is 6. The maximum Gasteiger partial charge on any atom is 0.297 e. The van der Waals surface area contributed by atoms with Gasteiger partial charge in [-0.3, -0.25) is 20.2 Å². The maximum atomic E-state index is 12.9. The molecule has 10 nitrogen and oxygen atoms in total. The average molecular weight is 705 g/mol. The van der Waals surface area contributed by atoms with Crippen LogP contribution in [-0.2, 0) is 0 Å². The average Bonchev–Trinajstić information content (AvgIpc) is 4.03. The molecule has 258 valence electrons. The Labute approximate surface area is 307 Å². The van der Waals surface area contributed by atoms with Crippen LogP contribution in [0.2, 0.25) is 0 Å². The van der Waals surface area contributed by atoms with Crippen LogP contribution in [0.3, 0.4) is 0 Å². The van der Waals surface area contributed by atoms with Crippen molar-refractivity contribution < 1.29 is 9.85 Å². The number of benzene rings is 4. The van der Waals surface area contributed by atoms with Gasteiger partial charge >= 0.3 is 0 Å². The number of nitrogens with zero attached hydrogens (tertiary/aromatic N) is 4. The lowest BCUT2D eigenvalue weighted by molar-refractivity contribution is -0.374. The van der Waals surface area contributed by atoms with Crippen LogP contribution >= 0.6 is 0 Å². The molecule has 2 aliphatic heterocycles. The monoisotopic (exact) mass is 704 g/mol. The van der Waals surface area contributed by atoms with E-state index in [1.165, 1.54) is 12.2 Å². The van der Waals surface area contributed by atoms with Crippen molar-refractivity contribution >= 4 is 45.6 Å². The highest BCUT2D eigenvalue weighted by atomic mass is 16.6. The third-order valence-electron chi connectivity index (χ3n) is 9.58. The van der Waals surface area contributed by atoms with Crippen LogP contribution in [-0.4, -0.2) is 29.8 Å². The molecule has 0 amide bonds. The summed E-state index contributed by atoms with van der Waals surface area (Å²) >= 11 is 0. The topological polar surface area (TPSA) is 144 Å². The van der Waals surface area contributed by atoms with Gasteiger partial charge < -0.3 is 9.97 Å². The highest BCUT2D eigenvalue weighted by molar-refractivity contribution is 6.01. The summed E-state index contributed by atoms with van der Waals surface area (Å²) in [5.74, 6) is 0. The highest BCUT2D eigenvalue weighted by Gasteiger charge is 2.31. The number of aromatic amines is 2. The molecule has 0 radical (unpaired) electrons. The van der Waals surface area contributed by atoms with E-state index in [0.29, 0.717) is 55.7 Å². The first kappa shape index (κ1) is 32.2. The standard InChI is InChI=1S/C44H28N6O4/c51-49(52)37-25-35-39(27-13-5-1-6-14-27)31-21-23-33(45-31)41(29-17-9-3-10-18-29)44-38(50(53)54)26-36(48-44)40(28-15-7-2-8-16-28)32-22-24-34(46-32)42(43(37)47-35)30-19-11-4-12-20-30/h1-26,45-46H. The van der Waals surface area contributed by atoms with Gasteiger partial charge in [-0.05, 0) is 46.5 Å². The van der Waals surface area contributed by atoms with E-state index in [2.05, 4.69) is 9.97 Å². The van der Waals surface area contributed by atoms with Crippen molar-refractivity contribution in [2.75, 3.05) is 0 Å². The molecule has 2 aliphatic rings. The number of fused-ring (bicyclic) bond motifs is 8. The van der Waals surface area contributed by atoms with E-state index in [-0.39, 0.29) is 22.8 Å². The molecule has 0 unspecified atom stereocenters. The summed E-state index contributed by atoms with van der Waals surface area (Å²) in [5, 5.41) is 25.8. The van der Waals surface area contributed by atoms with Crippen molar-refractivity contribution in [2.24, 2.45) is 0 Å². The summed E-state index contributed by atoms with van der Waals surface area (Å²) in [5.41, 5.74) is 8.56. The van der Waals surface area contributed by atoms with Crippen molar-refractivity contribution in [3.63, 3.8) is 0 Å². The van der Waals surface area contributed by atoms with E-state index in [4.69, 9.17) is 9.97 Å². The number of hydrogen-bond donors (Lipinski definition) is 2. The molecule has 4 aromatic carbocycles. The van der Waals surface area contributed by atoms with Crippen molar-refractivity contribution in [3.05, 3.63) is 189 Å². The third-order valence-corrected chi connectivity index (χ3v) is 9.58. The van der Waals surface area contributed by atoms with E-state index < -0.39 is 9.85 Å². The van der Waals surface area contributed by atoms with E-state index in [0.717, 1.165) is 22.3 Å². The van der Waals surface area contributed by atoms with Crippen molar-refractivity contribution in [2.45, 2.75) is 0 Å². The van der Waals surface area contributed by atoms with Gasteiger partial charge in [0.25, 0.3) is 11.4 Å². The Morgan fingerprint density at radius 2 is 0.667 bits per heavy atom. The summed E-state index contributed by atoms with van der Waals surface area (Å²) in [7, 11) is 0. The Bertz CT molecular complexity index is 2660. The van der Waals surface area contributed by atoms with E-state index in [1.807, 2.05) is 146 Å². The number of aromatic nitrogens is 4. The Hall–Kier alpha value is -7.72. The number of nitrogens with one attached hydrogen (secondary N) is 2. The van der Waals surface area contributed by atoms with Gasteiger partial charge in [0.15, 0.2) is 11.4 Å². The minimum Gasteiger partial charge on any atom is -0.354 e. The smallest absolute Gasteiger partial charge is 0.297 e.